The molecule has 1 N–H and O–H groups in total. The molecule has 4 heteroatoms. The number of hydrogen-bond acceptors (Lipinski definition) is 4. The minimum Gasteiger partial charge on any atom is -0.448 e. The van der Waals surface area contributed by atoms with Gasteiger partial charge in [-0.2, -0.15) is 0 Å². The SMILES string of the molecule is C.CC(C)(C)C1(O)CCCCC1.CC(C)(C)C1CCCCC1.CC(C)(C)C1CCOC1.CC(C)(C)CC1CCCCC1.CC(C)(C)c1ncco1.CC1CCC(C(C)(C)C)CC1. The van der Waals surface area contributed by atoms with E-state index in [1.807, 2.05) is 0 Å². The molecule has 1 aromatic heterocycles. The molecule has 0 bridgehead atoms. The molecule has 0 aromatic carbocycles. The zero-order valence-corrected chi connectivity index (χ0v) is 45.0. The normalized spacial score (nSPS) is 24.0. The molecule has 2 heterocycles. The van der Waals surface area contributed by atoms with Crippen molar-refractivity contribution in [2.24, 2.45) is 56.7 Å². The van der Waals surface area contributed by atoms with E-state index < -0.39 is 0 Å². The summed E-state index contributed by atoms with van der Waals surface area (Å²) < 4.78 is 10.4. The van der Waals surface area contributed by atoms with E-state index in [2.05, 4.69) is 137 Å². The Kier molecular flexibility index (Phi) is 27.3. The Morgan fingerprint density at radius 3 is 1.29 bits per heavy atom. The third-order valence-corrected chi connectivity index (χ3v) is 15.0. The van der Waals surface area contributed by atoms with E-state index in [9.17, 15) is 5.11 Å². The van der Waals surface area contributed by atoms with Crippen LogP contribution < -0.4 is 0 Å². The lowest BCUT2D eigenvalue weighted by Crippen LogP contribution is -2.44. The fraction of sp³-hybridized carbons (Fsp3) is 0.948. The van der Waals surface area contributed by atoms with Crippen LogP contribution >= 0.6 is 0 Å². The van der Waals surface area contributed by atoms with Crippen LogP contribution in [0.5, 0.6) is 0 Å². The standard InChI is InChI=1S/2C11H22.C10H20O.C10H20.C8H16O.C7H11NO.CH4/c1-9-5-7-10(8-6-9)11(2,3)4;1-11(2,3)9-10-7-5-4-6-8-10;1-9(2,3)10(11)7-5-4-6-8-10;1-10(2,3)9-7-5-4-6-8-9;1-8(2,3)7-4-5-9-6-7;1-7(2,3)6-8-4-5-9-6;/h9-10H,5-8H2,1-4H3;10H,4-9H2,1-3H3;11H,4-8H2,1-3H3;9H,4-8H2,1-3H3;7H,4-6H2,1-3H3;4-5H,1-3H3;1H4. The van der Waals surface area contributed by atoms with Crippen LogP contribution in [0.1, 0.15) is 280 Å². The van der Waals surface area contributed by atoms with Crippen molar-refractivity contribution in [3.8, 4) is 0 Å². The van der Waals surface area contributed by atoms with Crippen molar-refractivity contribution in [3.63, 3.8) is 0 Å². The largest absolute Gasteiger partial charge is 0.448 e. The number of aromatic nitrogens is 1. The topological polar surface area (TPSA) is 55.5 Å². The lowest BCUT2D eigenvalue weighted by Gasteiger charge is -2.43. The molecule has 5 aliphatic rings. The third-order valence-electron chi connectivity index (χ3n) is 15.0. The van der Waals surface area contributed by atoms with Crippen molar-refractivity contribution < 1.29 is 14.3 Å². The number of rotatable bonds is 1. The van der Waals surface area contributed by atoms with Crippen LogP contribution in [0, 0.1) is 56.7 Å². The molecule has 0 amide bonds. The molecule has 1 unspecified atom stereocenters. The number of nitrogens with zero attached hydrogens (tertiary/aromatic N) is 1. The lowest BCUT2D eigenvalue weighted by atomic mass is 9.68. The molecule has 1 atom stereocenters. The van der Waals surface area contributed by atoms with Crippen LogP contribution in [0.4, 0.5) is 0 Å². The molecule has 1 aliphatic heterocycles. The van der Waals surface area contributed by atoms with Crippen LogP contribution in [-0.4, -0.2) is 28.9 Å². The van der Waals surface area contributed by atoms with Crippen LogP contribution in [0.15, 0.2) is 16.9 Å². The molecular weight excluding hydrogens is 759 g/mol. The maximum Gasteiger partial charge on any atom is 0.199 e. The van der Waals surface area contributed by atoms with Crippen LogP contribution in [0.3, 0.4) is 0 Å². The predicted octanol–water partition coefficient (Wildman–Crippen LogP) is 18.9. The fourth-order valence-electron chi connectivity index (χ4n) is 10.1. The fourth-order valence-corrected chi connectivity index (χ4v) is 10.1. The highest BCUT2D eigenvalue weighted by atomic mass is 16.5. The van der Waals surface area contributed by atoms with Gasteiger partial charge in [0.05, 0.1) is 11.8 Å². The number of ether oxygens (including phenoxy) is 1. The van der Waals surface area contributed by atoms with Gasteiger partial charge in [0.1, 0.15) is 6.26 Å². The van der Waals surface area contributed by atoms with E-state index >= 15 is 0 Å². The van der Waals surface area contributed by atoms with E-state index in [4.69, 9.17) is 9.15 Å². The average Bonchev–Trinajstić information content (AvgIpc) is 3.89. The summed E-state index contributed by atoms with van der Waals surface area (Å²) in [5.74, 6) is 5.61. The van der Waals surface area contributed by atoms with Gasteiger partial charge in [0.2, 0.25) is 0 Å². The quantitative estimate of drug-likeness (QED) is 0.305. The highest BCUT2D eigenvalue weighted by Crippen LogP contribution is 2.42. The minimum atomic E-state index is -0.384. The Labute approximate surface area is 390 Å². The first-order chi connectivity index (χ1) is 27.8. The molecule has 4 saturated carbocycles. The molecule has 1 saturated heterocycles. The molecule has 4 nitrogen and oxygen atoms in total. The summed E-state index contributed by atoms with van der Waals surface area (Å²) in [6, 6.07) is 0. The van der Waals surface area contributed by atoms with E-state index in [0.29, 0.717) is 21.7 Å². The maximum atomic E-state index is 10.2. The van der Waals surface area contributed by atoms with Crippen molar-refractivity contribution in [2.75, 3.05) is 13.2 Å². The monoisotopic (exact) mass is 874 g/mol. The summed E-state index contributed by atoms with van der Waals surface area (Å²) in [6.07, 6.45) is 32.3. The zero-order chi connectivity index (χ0) is 46.8. The lowest BCUT2D eigenvalue weighted by molar-refractivity contribution is -0.0844. The van der Waals surface area contributed by atoms with Gasteiger partial charge in [-0.3, -0.25) is 0 Å². The molecule has 0 spiro atoms. The van der Waals surface area contributed by atoms with Crippen LogP contribution in [0.2, 0.25) is 0 Å². The molecule has 0 radical (unpaired) electrons. The van der Waals surface area contributed by atoms with Crippen molar-refractivity contribution >= 4 is 0 Å². The van der Waals surface area contributed by atoms with Gasteiger partial charge in [-0.25, -0.2) is 4.98 Å². The van der Waals surface area contributed by atoms with Gasteiger partial charge in [-0.1, -0.05) is 222 Å². The van der Waals surface area contributed by atoms with E-state index in [-0.39, 0.29) is 23.9 Å². The molecule has 5 fully saturated rings. The summed E-state index contributed by atoms with van der Waals surface area (Å²) in [7, 11) is 0. The molecule has 370 valence electrons. The second-order valence-electron chi connectivity index (χ2n) is 27.1. The van der Waals surface area contributed by atoms with Crippen molar-refractivity contribution in [3.05, 3.63) is 18.4 Å². The average molecular weight is 875 g/mol. The first kappa shape index (κ1) is 61.1. The molecule has 6 rings (SSSR count). The number of aliphatic hydroxyl groups is 1. The highest BCUT2D eigenvalue weighted by Gasteiger charge is 2.40. The molecule has 62 heavy (non-hydrogen) atoms. The van der Waals surface area contributed by atoms with Gasteiger partial charge in [0.15, 0.2) is 5.89 Å². The van der Waals surface area contributed by atoms with Gasteiger partial charge >= 0.3 is 0 Å². The van der Waals surface area contributed by atoms with Gasteiger partial charge < -0.3 is 14.3 Å². The maximum absolute atomic E-state index is 10.2. The van der Waals surface area contributed by atoms with Crippen molar-refractivity contribution in [1.82, 2.24) is 4.98 Å². The summed E-state index contributed by atoms with van der Waals surface area (Å²) >= 11 is 0. The molecule has 1 aromatic rings. The highest BCUT2D eigenvalue weighted by molar-refractivity contribution is 4.96. The third kappa shape index (κ3) is 26.3. The smallest absolute Gasteiger partial charge is 0.199 e. The second kappa shape index (κ2) is 27.7. The zero-order valence-electron chi connectivity index (χ0n) is 45.0. The van der Waals surface area contributed by atoms with E-state index in [1.54, 1.807) is 12.5 Å². The Balaban J connectivity index is 0.000000719. The van der Waals surface area contributed by atoms with Crippen molar-refractivity contribution in [1.29, 1.82) is 0 Å². The predicted molar refractivity (Wildman–Crippen MR) is 275 cm³/mol. The van der Waals surface area contributed by atoms with Gasteiger partial charge in [0, 0.05) is 18.6 Å². The van der Waals surface area contributed by atoms with Crippen molar-refractivity contribution in [2.45, 2.75) is 285 Å². The Morgan fingerprint density at radius 1 is 0.565 bits per heavy atom. The summed E-state index contributed by atoms with van der Waals surface area (Å²) in [5, 5.41) is 10.2. The first-order valence-electron chi connectivity index (χ1n) is 26.1. The summed E-state index contributed by atoms with van der Waals surface area (Å²) in [5.41, 5.74) is 1.86. The number of hydrogen-bond donors (Lipinski definition) is 1. The van der Waals surface area contributed by atoms with E-state index in [1.165, 1.54) is 122 Å². The molecule has 4 aliphatic carbocycles. The van der Waals surface area contributed by atoms with Crippen LogP contribution in [0.25, 0.3) is 0 Å². The Bertz CT molecular complexity index is 1190. The minimum absolute atomic E-state index is 0. The molecular formula is C58H115NO3. The first-order valence-corrected chi connectivity index (χ1v) is 26.1. The van der Waals surface area contributed by atoms with Gasteiger partial charge in [-0.05, 0) is 108 Å². The summed E-state index contributed by atoms with van der Waals surface area (Å²) in [4.78, 5) is 4.02. The second-order valence-corrected chi connectivity index (χ2v) is 27.1. The van der Waals surface area contributed by atoms with E-state index in [0.717, 1.165) is 61.5 Å². The Hall–Kier alpha value is -0.870. The van der Waals surface area contributed by atoms with Gasteiger partial charge in [-0.15, -0.1) is 0 Å². The summed E-state index contributed by atoms with van der Waals surface area (Å²) in [6.45, 7) is 45.2. The van der Waals surface area contributed by atoms with Crippen LogP contribution in [-0.2, 0) is 10.2 Å². The number of oxazole rings is 1. The van der Waals surface area contributed by atoms with Gasteiger partial charge in [0.25, 0.3) is 0 Å². The Morgan fingerprint density at radius 2 is 1.00 bits per heavy atom.